The molecule has 0 radical (unpaired) electrons. The van der Waals surface area contributed by atoms with Gasteiger partial charge in [-0.2, -0.15) is 0 Å². The molecule has 1 unspecified atom stereocenters. The van der Waals surface area contributed by atoms with Crippen LogP contribution in [0.1, 0.15) is 77.3 Å². The fourth-order valence-corrected chi connectivity index (χ4v) is 8.45. The number of benzene rings is 3. The fourth-order valence-electron chi connectivity index (χ4n) is 8.45. The lowest BCUT2D eigenvalue weighted by Gasteiger charge is -2.39. The van der Waals surface area contributed by atoms with Gasteiger partial charge in [-0.25, -0.2) is 15.0 Å². The van der Waals surface area contributed by atoms with Crippen LogP contribution in [0.25, 0.3) is 39.5 Å². The van der Waals surface area contributed by atoms with E-state index in [1.54, 1.807) is 24.4 Å². The molecule has 2 aliphatic heterocycles. The van der Waals surface area contributed by atoms with Crippen LogP contribution in [0.4, 0.5) is 11.5 Å². The molecule has 14 heteroatoms. The topological polar surface area (TPSA) is 194 Å². The molecule has 1 atom stereocenters. The predicted molar refractivity (Wildman–Crippen MR) is 226 cm³/mol. The summed E-state index contributed by atoms with van der Waals surface area (Å²) in [5, 5.41) is 8.29. The number of nitrogens with one attached hydrogen (secondary N) is 3. The minimum atomic E-state index is -1.05. The van der Waals surface area contributed by atoms with E-state index in [4.69, 9.17) is 15.7 Å². The third-order valence-corrected chi connectivity index (χ3v) is 12.0. The fraction of sp³-hybridized carbons (Fsp3) is 0.261. The number of hydrogen-bond acceptors (Lipinski definition) is 10. The van der Waals surface area contributed by atoms with E-state index in [1.807, 2.05) is 53.1 Å². The lowest BCUT2D eigenvalue weighted by atomic mass is 9.66. The summed E-state index contributed by atoms with van der Waals surface area (Å²) < 4.78 is 2.04. The van der Waals surface area contributed by atoms with Gasteiger partial charge in [0.05, 0.1) is 22.4 Å². The van der Waals surface area contributed by atoms with Crippen molar-refractivity contribution in [2.24, 2.45) is 0 Å². The van der Waals surface area contributed by atoms with Crippen LogP contribution in [0.2, 0.25) is 0 Å². The number of nitrogens with zero attached hydrogens (tertiary/aromatic N) is 5. The van der Waals surface area contributed by atoms with Crippen LogP contribution in [0.5, 0.6) is 0 Å². The molecule has 3 aromatic heterocycles. The molecular weight excluding hydrogens is 759 g/mol. The number of carbonyl (C=O) groups excluding carboxylic acids is 5. The minimum absolute atomic E-state index is 0.0429. The van der Waals surface area contributed by atoms with Crippen molar-refractivity contribution < 1.29 is 24.0 Å². The van der Waals surface area contributed by atoms with E-state index in [1.165, 1.54) is 24.8 Å². The number of nitrogen functional groups attached to an aromatic ring is 1. The van der Waals surface area contributed by atoms with Gasteiger partial charge in [-0.15, -0.1) is 0 Å². The Morgan fingerprint density at radius 2 is 1.70 bits per heavy atom. The SMILES string of the molecule is CC1(c2ccc(-n3c(-c4cccnc4N)nc4ccc(-c5cccc(CCC(=O)NCCNc6cccc7c6C(=O)N(C6CCC(=O)NC6=O)C7=O)c5)nc43)cc2)CCC1. The Kier molecular flexibility index (Phi) is 9.90. The van der Waals surface area contributed by atoms with E-state index >= 15 is 0 Å². The van der Waals surface area contributed by atoms with E-state index < -0.39 is 29.7 Å². The summed E-state index contributed by atoms with van der Waals surface area (Å²) >= 11 is 0. The van der Waals surface area contributed by atoms with Gasteiger partial charge in [0.15, 0.2) is 11.5 Å². The Morgan fingerprint density at radius 3 is 2.47 bits per heavy atom. The van der Waals surface area contributed by atoms with E-state index in [0.717, 1.165) is 38.5 Å². The highest BCUT2D eigenvalue weighted by atomic mass is 16.2. The highest BCUT2D eigenvalue weighted by Crippen LogP contribution is 2.43. The molecule has 5 heterocycles. The number of amides is 5. The Bertz CT molecular complexity index is 2720. The molecule has 0 bridgehead atoms. The third kappa shape index (κ3) is 7.03. The summed E-state index contributed by atoms with van der Waals surface area (Å²) in [4.78, 5) is 79.0. The van der Waals surface area contributed by atoms with Crippen molar-refractivity contribution in [1.82, 2.24) is 35.1 Å². The van der Waals surface area contributed by atoms with Crippen LogP contribution in [0, 0.1) is 0 Å². The molecule has 9 rings (SSSR count). The number of aryl methyl sites for hydroxylation is 1. The second-order valence-electron chi connectivity index (χ2n) is 15.9. The summed E-state index contributed by atoms with van der Waals surface area (Å²) in [5.74, 6) is -1.36. The molecule has 3 aliphatic rings. The Labute approximate surface area is 345 Å². The van der Waals surface area contributed by atoms with E-state index in [0.29, 0.717) is 35.9 Å². The number of aromatic nitrogens is 4. The number of pyridine rings is 2. The van der Waals surface area contributed by atoms with Crippen molar-refractivity contribution in [3.8, 4) is 28.3 Å². The number of hydrogen-bond donors (Lipinski definition) is 4. The quantitative estimate of drug-likeness (QED) is 0.0877. The lowest BCUT2D eigenvalue weighted by molar-refractivity contribution is -0.136. The van der Waals surface area contributed by atoms with E-state index in [9.17, 15) is 24.0 Å². The van der Waals surface area contributed by atoms with Gasteiger partial charge < -0.3 is 16.4 Å². The zero-order chi connectivity index (χ0) is 41.5. The first-order valence-corrected chi connectivity index (χ1v) is 20.2. The van der Waals surface area contributed by atoms with Crippen LogP contribution < -0.4 is 21.7 Å². The number of nitrogens with two attached hydrogens (primary N) is 1. The number of imidazole rings is 1. The van der Waals surface area contributed by atoms with Gasteiger partial charge in [-0.3, -0.25) is 38.8 Å². The van der Waals surface area contributed by atoms with Crippen molar-refractivity contribution in [3.05, 3.63) is 119 Å². The first-order valence-electron chi connectivity index (χ1n) is 20.2. The maximum atomic E-state index is 13.4. The summed E-state index contributed by atoms with van der Waals surface area (Å²) in [6.07, 6.45) is 6.16. The van der Waals surface area contributed by atoms with Crippen molar-refractivity contribution in [1.29, 1.82) is 0 Å². The number of fused-ring (bicyclic) bond motifs is 2. The number of carbonyl (C=O) groups is 5. The number of rotatable bonds is 12. The highest BCUT2D eigenvalue weighted by molar-refractivity contribution is 6.25. The molecule has 1 saturated heterocycles. The van der Waals surface area contributed by atoms with Crippen LogP contribution >= 0.6 is 0 Å². The third-order valence-electron chi connectivity index (χ3n) is 12.0. The normalized spacial score (nSPS) is 17.0. The van der Waals surface area contributed by atoms with Crippen molar-refractivity contribution in [3.63, 3.8) is 0 Å². The van der Waals surface area contributed by atoms with Crippen LogP contribution in [0.3, 0.4) is 0 Å². The zero-order valence-electron chi connectivity index (χ0n) is 33.0. The molecule has 14 nitrogen and oxygen atoms in total. The molecule has 6 aromatic rings. The molecule has 0 spiro atoms. The molecule has 302 valence electrons. The molecular formula is C46H43N9O5. The first kappa shape index (κ1) is 38.3. The predicted octanol–water partition coefficient (Wildman–Crippen LogP) is 5.74. The average Bonchev–Trinajstić information content (AvgIpc) is 3.75. The highest BCUT2D eigenvalue weighted by Gasteiger charge is 2.45. The maximum Gasteiger partial charge on any atom is 0.264 e. The molecule has 3 aromatic carbocycles. The van der Waals surface area contributed by atoms with Gasteiger partial charge >= 0.3 is 0 Å². The molecule has 1 saturated carbocycles. The van der Waals surface area contributed by atoms with Crippen molar-refractivity contribution >= 4 is 52.2 Å². The number of anilines is 2. The number of piperidine rings is 1. The van der Waals surface area contributed by atoms with Gasteiger partial charge in [0.25, 0.3) is 11.8 Å². The largest absolute Gasteiger partial charge is 0.383 e. The first-order chi connectivity index (χ1) is 29.1. The molecule has 5 N–H and O–H groups in total. The monoisotopic (exact) mass is 801 g/mol. The molecule has 60 heavy (non-hydrogen) atoms. The Morgan fingerprint density at radius 1 is 0.900 bits per heavy atom. The maximum absolute atomic E-state index is 13.4. The average molecular weight is 802 g/mol. The van der Waals surface area contributed by atoms with Gasteiger partial charge in [-0.1, -0.05) is 49.7 Å². The second kappa shape index (κ2) is 15.5. The van der Waals surface area contributed by atoms with E-state index in [-0.39, 0.29) is 48.3 Å². The van der Waals surface area contributed by atoms with Crippen molar-refractivity contribution in [2.75, 3.05) is 24.1 Å². The summed E-state index contributed by atoms with van der Waals surface area (Å²) in [6, 6.07) is 28.2. The standard InChI is InChI=1S/C46H43N9O5/c1-46(21-5-22-46)29-12-14-30(15-13-29)54-41(32-9-4-23-50-40(32)47)52-35-17-16-33(51-42(35)54)28-7-2-6-27(26-28)11-19-37(56)49-25-24-48-34-10-3-8-31-39(34)45(60)55(44(31)59)36-18-20-38(57)53-43(36)58/h2-4,6-10,12-17,23,26,36,48H,5,11,18-22,24-25H2,1H3,(H2,47,50)(H,49,56)(H,53,57,58). The summed E-state index contributed by atoms with van der Waals surface area (Å²) in [7, 11) is 0. The van der Waals surface area contributed by atoms with Crippen molar-refractivity contribution in [2.45, 2.75) is 63.3 Å². The Hall–Kier alpha value is -7.22. The van der Waals surface area contributed by atoms with E-state index in [2.05, 4.69) is 52.1 Å². The number of imide groups is 2. The second-order valence-corrected chi connectivity index (χ2v) is 15.9. The summed E-state index contributed by atoms with van der Waals surface area (Å²) in [5.41, 5.74) is 14.4. The van der Waals surface area contributed by atoms with Gasteiger partial charge in [-0.05, 0) is 96.8 Å². The van der Waals surface area contributed by atoms with Crippen LogP contribution in [-0.4, -0.2) is 73.1 Å². The van der Waals surface area contributed by atoms with Gasteiger partial charge in [0.2, 0.25) is 17.7 Å². The molecule has 2 fully saturated rings. The van der Waals surface area contributed by atoms with Gasteiger partial charge in [0.1, 0.15) is 17.4 Å². The minimum Gasteiger partial charge on any atom is -0.383 e. The van der Waals surface area contributed by atoms with Gasteiger partial charge in [0, 0.05) is 49.1 Å². The molecule has 5 amide bonds. The smallest absolute Gasteiger partial charge is 0.264 e. The van der Waals surface area contributed by atoms with Crippen LogP contribution in [0.15, 0.2) is 97.2 Å². The molecule has 1 aliphatic carbocycles. The Balaban J connectivity index is 0.861. The lowest BCUT2D eigenvalue weighted by Crippen LogP contribution is -2.54. The van der Waals surface area contributed by atoms with Crippen LogP contribution in [-0.2, 0) is 26.2 Å². The zero-order valence-corrected chi connectivity index (χ0v) is 33.0. The summed E-state index contributed by atoms with van der Waals surface area (Å²) in [6.45, 7) is 2.89.